The molecule has 0 aliphatic carbocycles. The second kappa shape index (κ2) is 5.78. The van der Waals surface area contributed by atoms with Crippen molar-refractivity contribution < 1.29 is 4.39 Å². The van der Waals surface area contributed by atoms with Gasteiger partial charge in [-0.2, -0.15) is 0 Å². The molecule has 0 aliphatic rings. The Hall–Kier alpha value is -1.39. The summed E-state index contributed by atoms with van der Waals surface area (Å²) in [5.74, 6) is 1.02. The maximum Gasteiger partial charge on any atom is 0.125 e. The molecular formula is C16H13BrClFN2. The molecule has 0 saturated heterocycles. The second-order valence-electron chi connectivity index (χ2n) is 4.84. The molecule has 108 valence electrons. The monoisotopic (exact) mass is 366 g/mol. The van der Waals surface area contributed by atoms with Crippen LogP contribution in [0, 0.1) is 12.7 Å². The molecule has 1 aromatic heterocycles. The number of rotatable bonds is 3. The molecule has 5 heteroatoms. The molecule has 3 rings (SSSR count). The number of halogens is 3. The minimum absolute atomic E-state index is 0.277. The number of aromatic nitrogens is 2. The standard InChI is InChI=1S/C16H13BrClFN2/c1-10-3-2-4-13-16(10)21(15(20-13)7-8-18)14-9-11(19)5-6-12(14)17/h2-6,9H,7-8H2,1H3. The lowest BCUT2D eigenvalue weighted by Crippen LogP contribution is -2.04. The molecule has 21 heavy (non-hydrogen) atoms. The molecule has 0 fully saturated rings. The molecule has 0 bridgehead atoms. The quantitative estimate of drug-likeness (QED) is 0.595. The van der Waals surface area contributed by atoms with Gasteiger partial charge in [-0.25, -0.2) is 9.37 Å². The number of imidazole rings is 1. The van der Waals surface area contributed by atoms with Crippen molar-refractivity contribution >= 4 is 38.6 Å². The lowest BCUT2D eigenvalue weighted by atomic mass is 10.2. The van der Waals surface area contributed by atoms with Crippen molar-refractivity contribution in [1.82, 2.24) is 9.55 Å². The highest BCUT2D eigenvalue weighted by Crippen LogP contribution is 2.29. The van der Waals surface area contributed by atoms with Gasteiger partial charge in [0.05, 0.1) is 16.7 Å². The van der Waals surface area contributed by atoms with Crippen molar-refractivity contribution in [3.8, 4) is 5.69 Å². The lowest BCUT2D eigenvalue weighted by molar-refractivity contribution is 0.626. The largest absolute Gasteiger partial charge is 0.295 e. The van der Waals surface area contributed by atoms with Gasteiger partial charge in [0, 0.05) is 16.8 Å². The minimum atomic E-state index is -0.277. The molecule has 0 atom stereocenters. The molecule has 0 amide bonds. The highest BCUT2D eigenvalue weighted by atomic mass is 79.9. The van der Waals surface area contributed by atoms with Crippen LogP contribution < -0.4 is 0 Å². The van der Waals surface area contributed by atoms with Gasteiger partial charge in [-0.05, 0) is 52.7 Å². The van der Waals surface area contributed by atoms with Crippen LogP contribution in [-0.2, 0) is 6.42 Å². The van der Waals surface area contributed by atoms with Crippen LogP contribution in [0.2, 0.25) is 0 Å². The number of hydrogen-bond donors (Lipinski definition) is 0. The maximum atomic E-state index is 13.7. The Bertz CT molecular complexity index is 813. The van der Waals surface area contributed by atoms with Crippen LogP contribution in [0.5, 0.6) is 0 Å². The summed E-state index contributed by atoms with van der Waals surface area (Å²) < 4.78 is 16.5. The van der Waals surface area contributed by atoms with E-state index in [-0.39, 0.29) is 5.82 Å². The first-order valence-electron chi connectivity index (χ1n) is 6.60. The van der Waals surface area contributed by atoms with E-state index in [2.05, 4.69) is 20.9 Å². The topological polar surface area (TPSA) is 17.8 Å². The Labute approximate surface area is 135 Å². The Morgan fingerprint density at radius 2 is 2.10 bits per heavy atom. The number of hydrogen-bond acceptors (Lipinski definition) is 1. The van der Waals surface area contributed by atoms with Crippen LogP contribution >= 0.6 is 27.5 Å². The predicted molar refractivity (Wildman–Crippen MR) is 87.9 cm³/mol. The lowest BCUT2D eigenvalue weighted by Gasteiger charge is -2.12. The number of alkyl halides is 1. The fraction of sp³-hybridized carbons (Fsp3) is 0.188. The molecule has 0 N–H and O–H groups in total. The normalized spacial score (nSPS) is 11.2. The summed E-state index contributed by atoms with van der Waals surface area (Å²) >= 11 is 9.39. The number of nitrogens with zero attached hydrogens (tertiary/aromatic N) is 2. The summed E-state index contributed by atoms with van der Waals surface area (Å²) in [6, 6.07) is 10.6. The Morgan fingerprint density at radius 1 is 1.29 bits per heavy atom. The van der Waals surface area contributed by atoms with Crippen LogP contribution in [0.15, 0.2) is 40.9 Å². The Kier molecular flexibility index (Phi) is 4.00. The highest BCUT2D eigenvalue weighted by molar-refractivity contribution is 9.10. The third-order valence-corrected chi connectivity index (χ3v) is 4.27. The molecule has 0 saturated carbocycles. The second-order valence-corrected chi connectivity index (χ2v) is 6.07. The fourth-order valence-electron chi connectivity index (χ4n) is 2.51. The zero-order valence-corrected chi connectivity index (χ0v) is 13.7. The van der Waals surface area contributed by atoms with Crippen LogP contribution in [0.4, 0.5) is 4.39 Å². The van der Waals surface area contributed by atoms with Gasteiger partial charge in [-0.15, -0.1) is 11.6 Å². The first-order chi connectivity index (χ1) is 10.1. The number of para-hydroxylation sites is 1. The van der Waals surface area contributed by atoms with Crippen LogP contribution in [0.1, 0.15) is 11.4 Å². The highest BCUT2D eigenvalue weighted by Gasteiger charge is 2.16. The molecule has 0 aliphatic heterocycles. The first-order valence-corrected chi connectivity index (χ1v) is 7.93. The van der Waals surface area contributed by atoms with Gasteiger partial charge >= 0.3 is 0 Å². The van der Waals surface area contributed by atoms with Crippen molar-refractivity contribution in [2.24, 2.45) is 0 Å². The van der Waals surface area contributed by atoms with Gasteiger partial charge in [0.2, 0.25) is 0 Å². The fourth-order valence-corrected chi connectivity index (χ4v) is 3.10. The molecule has 3 aromatic rings. The number of aryl methyl sites for hydroxylation is 2. The predicted octanol–water partition coefficient (Wildman–Crippen LogP) is 5.02. The SMILES string of the molecule is Cc1cccc2nc(CCCl)n(-c3cc(F)ccc3Br)c12. The van der Waals surface area contributed by atoms with Crippen molar-refractivity contribution in [3.05, 3.63) is 58.1 Å². The molecule has 1 heterocycles. The van der Waals surface area contributed by atoms with Crippen molar-refractivity contribution in [3.63, 3.8) is 0 Å². The van der Waals surface area contributed by atoms with E-state index in [0.717, 1.165) is 32.6 Å². The van der Waals surface area contributed by atoms with Crippen LogP contribution in [0.25, 0.3) is 16.7 Å². The Balaban J connectivity index is 2.38. The van der Waals surface area contributed by atoms with Crippen LogP contribution in [0.3, 0.4) is 0 Å². The Morgan fingerprint density at radius 3 is 2.86 bits per heavy atom. The van der Waals surface area contributed by atoms with E-state index in [1.807, 2.05) is 29.7 Å². The van der Waals surface area contributed by atoms with E-state index < -0.39 is 0 Å². The molecule has 0 radical (unpaired) electrons. The van der Waals surface area contributed by atoms with E-state index in [9.17, 15) is 4.39 Å². The molecule has 2 aromatic carbocycles. The first kappa shape index (κ1) is 14.5. The van der Waals surface area contributed by atoms with Crippen molar-refractivity contribution in [1.29, 1.82) is 0 Å². The summed E-state index contributed by atoms with van der Waals surface area (Å²) in [7, 11) is 0. The zero-order valence-electron chi connectivity index (χ0n) is 11.4. The average molecular weight is 368 g/mol. The third-order valence-electron chi connectivity index (χ3n) is 3.41. The molecular weight excluding hydrogens is 355 g/mol. The maximum absolute atomic E-state index is 13.7. The summed E-state index contributed by atoms with van der Waals surface area (Å²) in [6.45, 7) is 2.03. The molecule has 0 unspecified atom stereocenters. The van der Waals surface area contributed by atoms with Crippen molar-refractivity contribution in [2.75, 3.05) is 5.88 Å². The molecule has 0 spiro atoms. The summed E-state index contributed by atoms with van der Waals surface area (Å²) in [6.07, 6.45) is 0.624. The van der Waals surface area contributed by atoms with Gasteiger partial charge in [-0.3, -0.25) is 4.57 Å². The summed E-state index contributed by atoms with van der Waals surface area (Å²) in [5, 5.41) is 0. The van der Waals surface area contributed by atoms with E-state index in [4.69, 9.17) is 11.6 Å². The zero-order chi connectivity index (χ0) is 15.0. The van der Waals surface area contributed by atoms with Gasteiger partial charge in [-0.1, -0.05) is 12.1 Å². The van der Waals surface area contributed by atoms with E-state index in [0.29, 0.717) is 12.3 Å². The average Bonchev–Trinajstić information content (AvgIpc) is 2.81. The summed E-state index contributed by atoms with van der Waals surface area (Å²) in [4.78, 5) is 4.65. The van der Waals surface area contributed by atoms with Gasteiger partial charge in [0.15, 0.2) is 0 Å². The smallest absolute Gasteiger partial charge is 0.125 e. The third kappa shape index (κ3) is 2.58. The number of fused-ring (bicyclic) bond motifs is 1. The van der Waals surface area contributed by atoms with Gasteiger partial charge in [0.1, 0.15) is 11.6 Å². The van der Waals surface area contributed by atoms with Crippen molar-refractivity contribution in [2.45, 2.75) is 13.3 Å². The molecule has 2 nitrogen and oxygen atoms in total. The minimum Gasteiger partial charge on any atom is -0.295 e. The van der Waals surface area contributed by atoms with E-state index >= 15 is 0 Å². The summed E-state index contributed by atoms with van der Waals surface area (Å²) in [5.41, 5.74) is 3.72. The van der Waals surface area contributed by atoms with E-state index in [1.54, 1.807) is 6.07 Å². The van der Waals surface area contributed by atoms with E-state index in [1.165, 1.54) is 12.1 Å². The number of benzene rings is 2. The van der Waals surface area contributed by atoms with Crippen LogP contribution in [-0.4, -0.2) is 15.4 Å². The van der Waals surface area contributed by atoms with Gasteiger partial charge in [0.25, 0.3) is 0 Å². The van der Waals surface area contributed by atoms with Gasteiger partial charge < -0.3 is 0 Å².